The molecule has 0 spiro atoms. The molecule has 1 atom stereocenters. The van der Waals surface area contributed by atoms with E-state index in [1.54, 1.807) is 6.07 Å². The maximum atomic E-state index is 12.4. The van der Waals surface area contributed by atoms with E-state index in [2.05, 4.69) is 22.2 Å². The quantitative estimate of drug-likeness (QED) is 0.453. The van der Waals surface area contributed by atoms with Gasteiger partial charge in [-0.1, -0.05) is 13.3 Å². The molecular weight excluding hydrogens is 350 g/mol. The lowest BCUT2D eigenvalue weighted by Gasteiger charge is -2.33. The number of unbranched alkanes of at least 4 members (excludes halogenated alkanes) is 1. The molecular formula is C18H23N5O4. The van der Waals surface area contributed by atoms with Crippen LogP contribution in [-0.2, 0) is 4.79 Å². The van der Waals surface area contributed by atoms with E-state index >= 15 is 0 Å². The van der Waals surface area contributed by atoms with E-state index in [9.17, 15) is 19.7 Å². The standard InChI is InChI=1S/C18H23N5O4/c1-2-3-6-19-17(24)12-5-4-7-22(10-12)15-9-14-13(8-16(15)23(26)27)18(25)21-11-20-14/h8-9,11-12H,2-7,10H2,1H3,(H,19,24)(H,20,21,25). The summed E-state index contributed by atoms with van der Waals surface area (Å²) in [4.78, 5) is 43.8. The van der Waals surface area contributed by atoms with Crippen LogP contribution in [0.1, 0.15) is 32.6 Å². The molecule has 1 aromatic heterocycles. The number of aromatic nitrogens is 2. The Morgan fingerprint density at radius 2 is 2.30 bits per heavy atom. The maximum Gasteiger partial charge on any atom is 0.293 e. The van der Waals surface area contributed by atoms with Crippen LogP contribution in [0.4, 0.5) is 11.4 Å². The van der Waals surface area contributed by atoms with Gasteiger partial charge in [0.15, 0.2) is 0 Å². The van der Waals surface area contributed by atoms with Crippen molar-refractivity contribution in [2.45, 2.75) is 32.6 Å². The van der Waals surface area contributed by atoms with E-state index in [0.717, 1.165) is 25.7 Å². The largest absolute Gasteiger partial charge is 0.365 e. The maximum absolute atomic E-state index is 12.4. The van der Waals surface area contributed by atoms with Crippen LogP contribution in [0.15, 0.2) is 23.3 Å². The number of carbonyl (C=O) groups is 1. The van der Waals surface area contributed by atoms with Crippen molar-refractivity contribution >= 4 is 28.2 Å². The minimum absolute atomic E-state index is 0.00818. The zero-order valence-corrected chi connectivity index (χ0v) is 15.2. The number of hydrogen-bond donors (Lipinski definition) is 2. The van der Waals surface area contributed by atoms with Crippen molar-refractivity contribution in [1.82, 2.24) is 15.3 Å². The molecule has 2 N–H and O–H groups in total. The molecule has 0 saturated carbocycles. The molecule has 2 aromatic rings. The Kier molecular flexibility index (Phi) is 5.68. The van der Waals surface area contributed by atoms with Gasteiger partial charge in [0.2, 0.25) is 5.91 Å². The summed E-state index contributed by atoms with van der Waals surface area (Å²) in [5.41, 5.74) is 0.236. The molecule has 2 heterocycles. The molecule has 3 rings (SSSR count). The van der Waals surface area contributed by atoms with Crippen LogP contribution >= 0.6 is 0 Å². The van der Waals surface area contributed by atoms with Crippen LogP contribution < -0.4 is 15.8 Å². The summed E-state index contributed by atoms with van der Waals surface area (Å²) in [6.45, 7) is 3.74. The van der Waals surface area contributed by atoms with Gasteiger partial charge in [0.1, 0.15) is 5.69 Å². The highest BCUT2D eigenvalue weighted by molar-refractivity contribution is 5.87. The van der Waals surface area contributed by atoms with E-state index in [1.165, 1.54) is 12.4 Å². The zero-order chi connectivity index (χ0) is 19.4. The van der Waals surface area contributed by atoms with Crippen LogP contribution in [0, 0.1) is 16.0 Å². The average molecular weight is 373 g/mol. The van der Waals surface area contributed by atoms with E-state index in [1.807, 2.05) is 4.90 Å². The predicted molar refractivity (Wildman–Crippen MR) is 102 cm³/mol. The number of benzene rings is 1. The molecule has 27 heavy (non-hydrogen) atoms. The van der Waals surface area contributed by atoms with Crippen molar-refractivity contribution in [3.05, 3.63) is 38.9 Å². The van der Waals surface area contributed by atoms with E-state index in [4.69, 9.17) is 0 Å². The topological polar surface area (TPSA) is 121 Å². The number of nitro benzene ring substituents is 1. The highest BCUT2D eigenvalue weighted by Gasteiger charge is 2.30. The normalized spacial score (nSPS) is 17.1. The highest BCUT2D eigenvalue weighted by Crippen LogP contribution is 2.34. The van der Waals surface area contributed by atoms with Gasteiger partial charge in [-0.05, 0) is 25.3 Å². The summed E-state index contributed by atoms with van der Waals surface area (Å²) in [5, 5.41) is 14.7. The SMILES string of the molecule is CCCCNC(=O)C1CCCN(c2cc3nc[nH]c(=O)c3cc2[N+](=O)[O-])C1. The molecule has 9 nitrogen and oxygen atoms in total. The summed E-state index contributed by atoms with van der Waals surface area (Å²) >= 11 is 0. The van der Waals surface area contributed by atoms with E-state index in [0.29, 0.717) is 30.8 Å². The Bertz CT molecular complexity index is 910. The van der Waals surface area contributed by atoms with Gasteiger partial charge in [0.25, 0.3) is 11.2 Å². The second kappa shape index (κ2) is 8.15. The van der Waals surface area contributed by atoms with Gasteiger partial charge in [-0.15, -0.1) is 0 Å². The first-order chi connectivity index (χ1) is 13.0. The Labute approximate surface area is 155 Å². The van der Waals surface area contributed by atoms with Gasteiger partial charge >= 0.3 is 0 Å². The van der Waals surface area contributed by atoms with Crippen LogP contribution in [0.25, 0.3) is 10.9 Å². The lowest BCUT2D eigenvalue weighted by Crippen LogP contribution is -2.43. The number of anilines is 1. The smallest absolute Gasteiger partial charge is 0.293 e. The van der Waals surface area contributed by atoms with Crippen molar-refractivity contribution < 1.29 is 9.72 Å². The van der Waals surface area contributed by atoms with Crippen molar-refractivity contribution in [3.8, 4) is 0 Å². The first-order valence-electron chi connectivity index (χ1n) is 9.19. The molecule has 1 aliphatic heterocycles. The number of nitrogens with one attached hydrogen (secondary N) is 2. The van der Waals surface area contributed by atoms with Crippen molar-refractivity contribution in [3.63, 3.8) is 0 Å². The summed E-state index contributed by atoms with van der Waals surface area (Å²) in [7, 11) is 0. The number of nitrogens with zero attached hydrogens (tertiary/aromatic N) is 3. The van der Waals surface area contributed by atoms with Crippen LogP contribution in [0.3, 0.4) is 0 Å². The van der Waals surface area contributed by atoms with Gasteiger partial charge in [-0.25, -0.2) is 4.98 Å². The van der Waals surface area contributed by atoms with Gasteiger partial charge in [-0.3, -0.25) is 19.7 Å². The number of nitro groups is 1. The molecule has 1 aliphatic rings. The third-order valence-electron chi connectivity index (χ3n) is 4.90. The Morgan fingerprint density at radius 1 is 1.48 bits per heavy atom. The first-order valence-corrected chi connectivity index (χ1v) is 9.19. The molecule has 1 aromatic carbocycles. The van der Waals surface area contributed by atoms with Crippen molar-refractivity contribution in [2.75, 3.05) is 24.5 Å². The summed E-state index contributed by atoms with van der Waals surface area (Å²) in [6.07, 6.45) is 4.74. The number of fused-ring (bicyclic) bond motifs is 1. The third kappa shape index (κ3) is 4.07. The van der Waals surface area contributed by atoms with Crippen LogP contribution in [0.5, 0.6) is 0 Å². The molecule has 1 fully saturated rings. The third-order valence-corrected chi connectivity index (χ3v) is 4.90. The molecule has 0 radical (unpaired) electrons. The predicted octanol–water partition coefficient (Wildman–Crippen LogP) is 1.96. The van der Waals surface area contributed by atoms with Gasteiger partial charge < -0.3 is 15.2 Å². The van der Waals surface area contributed by atoms with Gasteiger partial charge in [0.05, 0.1) is 28.1 Å². The Balaban J connectivity index is 1.89. The fourth-order valence-corrected chi connectivity index (χ4v) is 3.43. The number of piperidine rings is 1. The fourth-order valence-electron chi connectivity index (χ4n) is 3.43. The lowest BCUT2D eigenvalue weighted by atomic mass is 9.96. The molecule has 9 heteroatoms. The van der Waals surface area contributed by atoms with E-state index in [-0.39, 0.29) is 22.9 Å². The highest BCUT2D eigenvalue weighted by atomic mass is 16.6. The summed E-state index contributed by atoms with van der Waals surface area (Å²) < 4.78 is 0. The van der Waals surface area contributed by atoms with Crippen molar-refractivity contribution in [2.24, 2.45) is 5.92 Å². The lowest BCUT2D eigenvalue weighted by molar-refractivity contribution is -0.384. The monoisotopic (exact) mass is 373 g/mol. The Hall–Kier alpha value is -2.97. The number of H-pyrrole nitrogens is 1. The molecule has 1 unspecified atom stereocenters. The average Bonchev–Trinajstić information content (AvgIpc) is 2.67. The second-order valence-electron chi connectivity index (χ2n) is 6.78. The minimum atomic E-state index is -0.494. The van der Waals surface area contributed by atoms with Crippen LogP contribution in [-0.4, -0.2) is 40.4 Å². The number of amides is 1. The van der Waals surface area contributed by atoms with Gasteiger partial charge in [0, 0.05) is 25.7 Å². The molecule has 0 aliphatic carbocycles. The van der Waals surface area contributed by atoms with Gasteiger partial charge in [-0.2, -0.15) is 0 Å². The van der Waals surface area contributed by atoms with E-state index < -0.39 is 10.5 Å². The summed E-state index contributed by atoms with van der Waals surface area (Å²) in [5.74, 6) is -0.218. The number of carbonyl (C=O) groups excluding carboxylic acids is 1. The first kappa shape index (κ1) is 18.8. The van der Waals surface area contributed by atoms with Crippen LogP contribution in [0.2, 0.25) is 0 Å². The van der Waals surface area contributed by atoms with Crippen molar-refractivity contribution in [1.29, 1.82) is 0 Å². The fraction of sp³-hybridized carbons (Fsp3) is 0.500. The molecule has 1 amide bonds. The Morgan fingerprint density at radius 3 is 3.04 bits per heavy atom. The number of rotatable bonds is 6. The molecule has 144 valence electrons. The number of hydrogen-bond acceptors (Lipinski definition) is 6. The zero-order valence-electron chi connectivity index (χ0n) is 15.2. The molecule has 0 bridgehead atoms. The number of aromatic amines is 1. The summed E-state index contributed by atoms with van der Waals surface area (Å²) in [6, 6.07) is 2.83. The molecule has 1 saturated heterocycles. The second-order valence-corrected chi connectivity index (χ2v) is 6.78. The minimum Gasteiger partial charge on any atom is -0.365 e.